The molecule has 1 aromatic rings. The number of rotatable bonds is 5. The third kappa shape index (κ3) is 3.62. The first kappa shape index (κ1) is 15.1. The quantitative estimate of drug-likeness (QED) is 0.833. The maximum absolute atomic E-state index is 13.4. The average molecular weight is 290 g/mol. The Morgan fingerprint density at radius 2 is 2.00 bits per heavy atom. The molecule has 0 heterocycles. The van der Waals surface area contributed by atoms with Crippen LogP contribution in [0.2, 0.25) is 0 Å². The Bertz CT molecular complexity index is 469. The first-order chi connectivity index (χ1) is 9.31. The molecular weight excluding hydrogens is 272 g/mol. The van der Waals surface area contributed by atoms with Crippen LogP contribution >= 0.6 is 0 Å². The molecule has 0 amide bonds. The van der Waals surface area contributed by atoms with Crippen LogP contribution < -0.4 is 10.2 Å². The molecule has 1 unspecified atom stereocenters. The SMILES string of the molecule is CNC(C)c1cc(F)ccc1N(CC(F)(F)F)C1CC1. The molecule has 1 N–H and O–H groups in total. The van der Waals surface area contributed by atoms with Gasteiger partial charge in [0.1, 0.15) is 12.4 Å². The van der Waals surface area contributed by atoms with Crippen molar-refractivity contribution in [3.63, 3.8) is 0 Å². The Hall–Kier alpha value is -1.30. The lowest BCUT2D eigenvalue weighted by molar-refractivity contribution is -0.120. The van der Waals surface area contributed by atoms with Crippen LogP contribution in [0.1, 0.15) is 31.4 Å². The topological polar surface area (TPSA) is 15.3 Å². The number of halogens is 4. The maximum atomic E-state index is 13.4. The second-order valence-electron chi connectivity index (χ2n) is 5.19. The molecular formula is C14H18F4N2. The summed E-state index contributed by atoms with van der Waals surface area (Å²) in [6, 6.07) is 3.66. The number of hydrogen-bond donors (Lipinski definition) is 1. The monoisotopic (exact) mass is 290 g/mol. The summed E-state index contributed by atoms with van der Waals surface area (Å²) in [6.45, 7) is 0.809. The minimum atomic E-state index is -4.27. The molecule has 1 aliphatic carbocycles. The predicted molar refractivity (Wildman–Crippen MR) is 70.3 cm³/mol. The number of nitrogens with zero attached hydrogens (tertiary/aromatic N) is 1. The highest BCUT2D eigenvalue weighted by Crippen LogP contribution is 2.38. The number of hydrogen-bond acceptors (Lipinski definition) is 2. The molecule has 0 saturated heterocycles. The third-order valence-corrected chi connectivity index (χ3v) is 3.54. The lowest BCUT2D eigenvalue weighted by atomic mass is 10.0. The van der Waals surface area contributed by atoms with E-state index in [1.54, 1.807) is 14.0 Å². The largest absolute Gasteiger partial charge is 0.405 e. The Morgan fingerprint density at radius 1 is 1.35 bits per heavy atom. The highest BCUT2D eigenvalue weighted by atomic mass is 19.4. The van der Waals surface area contributed by atoms with Crippen LogP contribution in [0.4, 0.5) is 23.2 Å². The van der Waals surface area contributed by atoms with Crippen LogP contribution in [0.25, 0.3) is 0 Å². The lowest BCUT2D eigenvalue weighted by Crippen LogP contribution is -2.37. The molecule has 1 atom stereocenters. The van der Waals surface area contributed by atoms with Gasteiger partial charge in [0, 0.05) is 17.8 Å². The van der Waals surface area contributed by atoms with Crippen molar-refractivity contribution in [2.24, 2.45) is 0 Å². The van der Waals surface area contributed by atoms with E-state index >= 15 is 0 Å². The van der Waals surface area contributed by atoms with Crippen molar-refractivity contribution in [1.29, 1.82) is 0 Å². The first-order valence-corrected chi connectivity index (χ1v) is 6.62. The molecule has 1 saturated carbocycles. The summed E-state index contributed by atoms with van der Waals surface area (Å²) in [6.07, 6.45) is -2.77. The fraction of sp³-hybridized carbons (Fsp3) is 0.571. The van der Waals surface area contributed by atoms with E-state index in [1.807, 2.05) is 0 Å². The third-order valence-electron chi connectivity index (χ3n) is 3.54. The maximum Gasteiger partial charge on any atom is 0.405 e. The molecule has 112 valence electrons. The van der Waals surface area contributed by atoms with Crippen molar-refractivity contribution in [3.8, 4) is 0 Å². The zero-order valence-corrected chi connectivity index (χ0v) is 11.5. The van der Waals surface area contributed by atoms with E-state index in [0.717, 1.165) is 12.8 Å². The second-order valence-corrected chi connectivity index (χ2v) is 5.19. The molecule has 20 heavy (non-hydrogen) atoms. The minimum absolute atomic E-state index is 0.0927. The van der Waals surface area contributed by atoms with Crippen molar-refractivity contribution in [3.05, 3.63) is 29.6 Å². The average Bonchev–Trinajstić information content (AvgIpc) is 3.18. The van der Waals surface area contributed by atoms with Gasteiger partial charge in [-0.15, -0.1) is 0 Å². The molecule has 2 rings (SSSR count). The van der Waals surface area contributed by atoms with Gasteiger partial charge in [-0.05, 0) is 50.6 Å². The van der Waals surface area contributed by atoms with Gasteiger partial charge in [-0.1, -0.05) is 0 Å². The predicted octanol–water partition coefficient (Wildman–Crippen LogP) is 3.64. The van der Waals surface area contributed by atoms with Crippen LogP contribution in [0.3, 0.4) is 0 Å². The highest BCUT2D eigenvalue weighted by Gasteiger charge is 2.39. The summed E-state index contributed by atoms with van der Waals surface area (Å²) in [4.78, 5) is 1.35. The molecule has 0 aromatic heterocycles. The van der Waals surface area contributed by atoms with E-state index < -0.39 is 18.5 Å². The number of anilines is 1. The molecule has 0 spiro atoms. The van der Waals surface area contributed by atoms with Crippen molar-refractivity contribution in [2.45, 2.75) is 38.0 Å². The summed E-state index contributed by atoms with van der Waals surface area (Å²) >= 11 is 0. The summed E-state index contributed by atoms with van der Waals surface area (Å²) in [7, 11) is 1.70. The Kier molecular flexibility index (Phi) is 4.22. The van der Waals surface area contributed by atoms with Crippen LogP contribution in [-0.2, 0) is 0 Å². The fourth-order valence-corrected chi connectivity index (χ4v) is 2.28. The van der Waals surface area contributed by atoms with E-state index in [1.165, 1.54) is 23.1 Å². The van der Waals surface area contributed by atoms with Gasteiger partial charge in [0.15, 0.2) is 0 Å². The van der Waals surface area contributed by atoms with Gasteiger partial charge in [-0.3, -0.25) is 0 Å². The van der Waals surface area contributed by atoms with Gasteiger partial charge in [-0.2, -0.15) is 13.2 Å². The van der Waals surface area contributed by atoms with E-state index in [-0.39, 0.29) is 12.1 Å². The molecule has 0 bridgehead atoms. The molecule has 0 radical (unpaired) electrons. The summed E-state index contributed by atoms with van der Waals surface area (Å²) in [5, 5.41) is 2.95. The fourth-order valence-electron chi connectivity index (χ4n) is 2.28. The van der Waals surface area contributed by atoms with Gasteiger partial charge in [-0.25, -0.2) is 4.39 Å². The summed E-state index contributed by atoms with van der Waals surface area (Å²) < 4.78 is 51.6. The van der Waals surface area contributed by atoms with Gasteiger partial charge in [0.2, 0.25) is 0 Å². The second kappa shape index (κ2) is 5.60. The number of benzene rings is 1. The van der Waals surface area contributed by atoms with Crippen LogP contribution in [0.5, 0.6) is 0 Å². The smallest absolute Gasteiger partial charge is 0.359 e. The van der Waals surface area contributed by atoms with Crippen molar-refractivity contribution in [1.82, 2.24) is 5.32 Å². The molecule has 6 heteroatoms. The molecule has 1 aromatic carbocycles. The van der Waals surface area contributed by atoms with Gasteiger partial charge >= 0.3 is 6.18 Å². The van der Waals surface area contributed by atoms with Crippen LogP contribution in [0.15, 0.2) is 18.2 Å². The Labute approximate surface area is 115 Å². The van der Waals surface area contributed by atoms with E-state index in [4.69, 9.17) is 0 Å². The van der Waals surface area contributed by atoms with Gasteiger partial charge in [0.25, 0.3) is 0 Å². The lowest BCUT2D eigenvalue weighted by Gasteiger charge is -2.29. The zero-order chi connectivity index (χ0) is 14.9. The Morgan fingerprint density at radius 3 is 2.50 bits per heavy atom. The molecule has 1 fully saturated rings. The van der Waals surface area contributed by atoms with Crippen molar-refractivity contribution in [2.75, 3.05) is 18.5 Å². The zero-order valence-electron chi connectivity index (χ0n) is 11.5. The normalized spacial score (nSPS) is 17.1. The molecule has 2 nitrogen and oxygen atoms in total. The highest BCUT2D eigenvalue weighted by molar-refractivity contribution is 5.57. The van der Waals surface area contributed by atoms with Crippen LogP contribution in [0, 0.1) is 5.82 Å². The minimum Gasteiger partial charge on any atom is -0.359 e. The summed E-state index contributed by atoms with van der Waals surface area (Å²) in [5.41, 5.74) is 1.02. The Balaban J connectivity index is 2.37. The van der Waals surface area contributed by atoms with Gasteiger partial charge < -0.3 is 10.2 Å². The number of nitrogens with one attached hydrogen (secondary N) is 1. The van der Waals surface area contributed by atoms with Crippen molar-refractivity contribution < 1.29 is 17.6 Å². The van der Waals surface area contributed by atoms with Gasteiger partial charge in [0.05, 0.1) is 0 Å². The standard InChI is InChI=1S/C14H18F4N2/c1-9(19-2)12-7-10(15)3-6-13(12)20(11-4-5-11)8-14(16,17)18/h3,6-7,9,11,19H,4-5,8H2,1-2H3. The van der Waals surface area contributed by atoms with Crippen LogP contribution in [-0.4, -0.2) is 25.8 Å². The van der Waals surface area contributed by atoms with Crippen molar-refractivity contribution >= 4 is 5.69 Å². The molecule has 1 aliphatic rings. The van der Waals surface area contributed by atoms with E-state index in [2.05, 4.69) is 5.32 Å². The number of alkyl halides is 3. The van der Waals surface area contributed by atoms with E-state index in [9.17, 15) is 17.6 Å². The first-order valence-electron chi connectivity index (χ1n) is 6.62. The van der Waals surface area contributed by atoms with E-state index in [0.29, 0.717) is 11.3 Å². The molecule has 0 aliphatic heterocycles. The summed E-state index contributed by atoms with van der Waals surface area (Å²) in [5.74, 6) is -0.436.